The zero-order valence-electron chi connectivity index (χ0n) is 18.8. The molecule has 9 heteroatoms. The van der Waals surface area contributed by atoms with E-state index in [2.05, 4.69) is 0 Å². The van der Waals surface area contributed by atoms with Crippen LogP contribution in [0.25, 0.3) is 0 Å². The Labute approximate surface area is 198 Å². The van der Waals surface area contributed by atoms with Gasteiger partial charge in [0.1, 0.15) is 34.9 Å². The van der Waals surface area contributed by atoms with Gasteiger partial charge in [0.05, 0.1) is 20.8 Å². The Kier molecular flexibility index (Phi) is 7.04. The van der Waals surface area contributed by atoms with Crippen molar-refractivity contribution in [3.63, 3.8) is 0 Å². The first kappa shape index (κ1) is 23.6. The molecule has 0 N–H and O–H groups in total. The molecular weight excluding hydrogens is 458 g/mol. The third-order valence-corrected chi connectivity index (χ3v) is 6.75. The van der Waals surface area contributed by atoms with E-state index in [1.807, 2.05) is 6.07 Å². The van der Waals surface area contributed by atoms with E-state index < -0.39 is 16.2 Å². The molecule has 1 aliphatic rings. The fraction of sp³-hybridized carbons (Fsp3) is 0.240. The van der Waals surface area contributed by atoms with Gasteiger partial charge < -0.3 is 23.3 Å². The van der Waals surface area contributed by atoms with Crippen molar-refractivity contribution in [1.82, 2.24) is 4.90 Å². The third-order valence-electron chi connectivity index (χ3n) is 5.50. The normalized spacial score (nSPS) is 16.2. The van der Waals surface area contributed by atoms with E-state index in [4.69, 9.17) is 18.4 Å². The number of morpholine rings is 1. The Balaban J connectivity index is 1.56. The highest BCUT2D eigenvalue weighted by molar-refractivity contribution is 7.87. The van der Waals surface area contributed by atoms with Crippen molar-refractivity contribution in [3.8, 4) is 17.2 Å². The van der Waals surface area contributed by atoms with Crippen molar-refractivity contribution in [3.05, 3.63) is 83.9 Å². The number of benzene rings is 3. The number of hydrogen-bond donors (Lipinski definition) is 0. The van der Waals surface area contributed by atoms with Gasteiger partial charge in [0.15, 0.2) is 0 Å². The van der Waals surface area contributed by atoms with Gasteiger partial charge in [-0.1, -0.05) is 36.4 Å². The maximum atomic E-state index is 12.8. The SMILES string of the molecule is COc1ccc(CN2C[C@H](c3ccccc3OS(=O)(=O)c3ccccc3)OCC2=O)c(OC)c1. The van der Waals surface area contributed by atoms with Gasteiger partial charge in [-0.15, -0.1) is 0 Å². The second-order valence-corrected chi connectivity index (χ2v) is 9.19. The van der Waals surface area contributed by atoms with Crippen LogP contribution in [0.4, 0.5) is 0 Å². The summed E-state index contributed by atoms with van der Waals surface area (Å²) in [5, 5.41) is 0. The average molecular weight is 484 g/mol. The zero-order chi connectivity index (χ0) is 24.1. The number of ether oxygens (including phenoxy) is 3. The molecule has 0 spiro atoms. The van der Waals surface area contributed by atoms with Gasteiger partial charge in [-0.2, -0.15) is 8.42 Å². The Hall–Kier alpha value is -3.56. The van der Waals surface area contributed by atoms with E-state index in [0.717, 1.165) is 5.56 Å². The first-order valence-corrected chi connectivity index (χ1v) is 12.0. The minimum absolute atomic E-state index is 0.0535. The lowest BCUT2D eigenvalue weighted by molar-refractivity contribution is -0.150. The highest BCUT2D eigenvalue weighted by Crippen LogP contribution is 2.34. The van der Waals surface area contributed by atoms with Crippen LogP contribution >= 0.6 is 0 Å². The summed E-state index contributed by atoms with van der Waals surface area (Å²) in [4.78, 5) is 14.3. The largest absolute Gasteiger partial charge is 0.497 e. The van der Waals surface area contributed by atoms with Crippen molar-refractivity contribution < 1.29 is 31.6 Å². The van der Waals surface area contributed by atoms with Gasteiger partial charge >= 0.3 is 10.1 Å². The number of para-hydroxylation sites is 1. The molecule has 0 radical (unpaired) electrons. The molecule has 0 unspecified atom stereocenters. The minimum Gasteiger partial charge on any atom is -0.497 e. The molecule has 0 aromatic heterocycles. The maximum Gasteiger partial charge on any atom is 0.339 e. The summed E-state index contributed by atoms with van der Waals surface area (Å²) in [6.45, 7) is 0.389. The zero-order valence-corrected chi connectivity index (χ0v) is 19.7. The molecule has 1 saturated heterocycles. The van der Waals surface area contributed by atoms with Crippen LogP contribution in [0, 0.1) is 0 Å². The molecule has 34 heavy (non-hydrogen) atoms. The summed E-state index contributed by atoms with van der Waals surface area (Å²) in [6.07, 6.45) is -0.566. The summed E-state index contributed by atoms with van der Waals surface area (Å²) in [6, 6.07) is 20.1. The molecule has 1 heterocycles. The maximum absolute atomic E-state index is 12.8. The quantitative estimate of drug-likeness (QED) is 0.453. The minimum atomic E-state index is -4.03. The van der Waals surface area contributed by atoms with Crippen molar-refractivity contribution in [2.24, 2.45) is 0 Å². The molecule has 0 saturated carbocycles. The van der Waals surface area contributed by atoms with Gasteiger partial charge in [-0.05, 0) is 30.3 Å². The fourth-order valence-corrected chi connectivity index (χ4v) is 4.70. The summed E-state index contributed by atoms with van der Waals surface area (Å²) < 4.78 is 47.5. The summed E-state index contributed by atoms with van der Waals surface area (Å²) in [5.41, 5.74) is 1.36. The lowest BCUT2D eigenvalue weighted by atomic mass is 10.1. The monoisotopic (exact) mass is 483 g/mol. The molecule has 1 atom stereocenters. The molecular formula is C25H25NO7S. The summed E-state index contributed by atoms with van der Waals surface area (Å²) >= 11 is 0. The summed E-state index contributed by atoms with van der Waals surface area (Å²) in [7, 11) is -0.897. The van der Waals surface area contributed by atoms with Crippen LogP contribution in [0.3, 0.4) is 0 Å². The standard InChI is InChI=1S/C25H25NO7S/c1-30-19-13-12-18(23(14-19)31-2)15-26-16-24(32-17-25(26)27)21-10-6-7-11-22(21)33-34(28,29)20-8-4-3-5-9-20/h3-14,24H,15-17H2,1-2H3/t24-/m1/s1. The van der Waals surface area contributed by atoms with Crippen molar-refractivity contribution in [1.29, 1.82) is 0 Å². The van der Waals surface area contributed by atoms with E-state index in [9.17, 15) is 13.2 Å². The predicted octanol–water partition coefficient (Wildman–Crippen LogP) is 3.57. The third kappa shape index (κ3) is 5.16. The van der Waals surface area contributed by atoms with Crippen LogP contribution in [0.15, 0.2) is 77.7 Å². The predicted molar refractivity (Wildman–Crippen MR) is 124 cm³/mol. The Bertz CT molecular complexity index is 1260. The smallest absolute Gasteiger partial charge is 0.339 e. The Morgan fingerprint density at radius 3 is 2.41 bits per heavy atom. The second kappa shape index (κ2) is 10.1. The number of hydrogen-bond acceptors (Lipinski definition) is 7. The van der Waals surface area contributed by atoms with Crippen LogP contribution in [-0.2, 0) is 26.2 Å². The first-order chi connectivity index (χ1) is 16.4. The van der Waals surface area contributed by atoms with Crippen LogP contribution in [-0.4, -0.2) is 46.6 Å². The lowest BCUT2D eigenvalue weighted by Crippen LogP contribution is -2.42. The molecule has 0 bridgehead atoms. The number of nitrogens with zero attached hydrogens (tertiary/aromatic N) is 1. The Morgan fingerprint density at radius 2 is 1.68 bits per heavy atom. The summed E-state index contributed by atoms with van der Waals surface area (Å²) in [5.74, 6) is 1.24. The van der Waals surface area contributed by atoms with E-state index in [1.54, 1.807) is 73.7 Å². The molecule has 178 valence electrons. The average Bonchev–Trinajstić information content (AvgIpc) is 2.86. The van der Waals surface area contributed by atoms with Gasteiger partial charge in [0, 0.05) is 23.7 Å². The number of methoxy groups -OCH3 is 2. The van der Waals surface area contributed by atoms with Crippen molar-refractivity contribution >= 4 is 16.0 Å². The van der Waals surface area contributed by atoms with Crippen LogP contribution < -0.4 is 13.7 Å². The van der Waals surface area contributed by atoms with E-state index in [1.165, 1.54) is 12.1 Å². The van der Waals surface area contributed by atoms with Gasteiger partial charge in [-0.25, -0.2) is 0 Å². The van der Waals surface area contributed by atoms with Crippen molar-refractivity contribution in [2.45, 2.75) is 17.5 Å². The highest BCUT2D eigenvalue weighted by Gasteiger charge is 2.31. The number of rotatable bonds is 8. The molecule has 8 nitrogen and oxygen atoms in total. The number of amides is 1. The Morgan fingerprint density at radius 1 is 0.941 bits per heavy atom. The van der Waals surface area contributed by atoms with E-state index >= 15 is 0 Å². The molecule has 3 aromatic carbocycles. The topological polar surface area (TPSA) is 91.4 Å². The molecule has 3 aromatic rings. The second-order valence-electron chi connectivity index (χ2n) is 7.64. The van der Waals surface area contributed by atoms with Crippen molar-refractivity contribution in [2.75, 3.05) is 27.4 Å². The molecule has 1 aliphatic heterocycles. The van der Waals surface area contributed by atoms with E-state index in [-0.39, 0.29) is 29.7 Å². The molecule has 1 amide bonds. The highest BCUT2D eigenvalue weighted by atomic mass is 32.2. The molecule has 4 rings (SSSR count). The van der Waals surface area contributed by atoms with Gasteiger partial charge in [-0.3, -0.25) is 4.79 Å². The number of carbonyl (C=O) groups is 1. The van der Waals surface area contributed by atoms with Crippen LogP contribution in [0.1, 0.15) is 17.2 Å². The molecule has 1 fully saturated rings. The van der Waals surface area contributed by atoms with Crippen LogP contribution in [0.2, 0.25) is 0 Å². The van der Waals surface area contributed by atoms with E-state index in [0.29, 0.717) is 23.6 Å². The molecule has 0 aliphatic carbocycles. The fourth-order valence-electron chi connectivity index (χ4n) is 3.72. The number of carbonyl (C=O) groups excluding carboxylic acids is 1. The lowest BCUT2D eigenvalue weighted by Gasteiger charge is -2.33. The first-order valence-electron chi connectivity index (χ1n) is 10.6. The van der Waals surface area contributed by atoms with Gasteiger partial charge in [0.2, 0.25) is 5.91 Å². The van der Waals surface area contributed by atoms with Gasteiger partial charge in [0.25, 0.3) is 0 Å². The van der Waals surface area contributed by atoms with Crippen LogP contribution in [0.5, 0.6) is 17.2 Å².